The van der Waals surface area contributed by atoms with Crippen molar-refractivity contribution in [3.63, 3.8) is 0 Å². The van der Waals surface area contributed by atoms with Gasteiger partial charge in [-0.05, 0) is 52.6 Å². The van der Waals surface area contributed by atoms with Crippen molar-refractivity contribution in [1.82, 2.24) is 5.32 Å². The average Bonchev–Trinajstić information content (AvgIpc) is 3.15. The molecule has 33 heavy (non-hydrogen) atoms. The van der Waals surface area contributed by atoms with Gasteiger partial charge < -0.3 is 15.2 Å². The second-order valence-electron chi connectivity index (χ2n) is 9.04. The summed E-state index contributed by atoms with van der Waals surface area (Å²) in [4.78, 5) is 24.4. The second-order valence-corrected chi connectivity index (χ2v) is 9.04. The number of carbonyl (C=O) groups is 2. The normalized spacial score (nSPS) is 18.7. The molecule has 0 fully saturated rings. The number of hydrogen-bond donors (Lipinski definition) is 2. The largest absolute Gasteiger partial charge is 0.481 e. The summed E-state index contributed by atoms with van der Waals surface area (Å²) >= 11 is 0. The van der Waals surface area contributed by atoms with Crippen molar-refractivity contribution in [2.24, 2.45) is 0 Å². The summed E-state index contributed by atoms with van der Waals surface area (Å²) in [5.74, 6) is -0.868. The number of carboxylic acids is 1. The number of amides is 1. The van der Waals surface area contributed by atoms with Gasteiger partial charge in [-0.3, -0.25) is 4.79 Å². The first kappa shape index (κ1) is 21.3. The lowest BCUT2D eigenvalue weighted by Gasteiger charge is -2.38. The highest BCUT2D eigenvalue weighted by molar-refractivity contribution is 5.79. The zero-order valence-corrected chi connectivity index (χ0v) is 18.4. The van der Waals surface area contributed by atoms with Crippen molar-refractivity contribution >= 4 is 12.1 Å². The Morgan fingerprint density at radius 2 is 1.58 bits per heavy atom. The van der Waals surface area contributed by atoms with Crippen molar-refractivity contribution < 1.29 is 19.4 Å². The predicted molar refractivity (Wildman–Crippen MR) is 126 cm³/mol. The number of rotatable bonds is 6. The highest BCUT2D eigenvalue weighted by atomic mass is 16.5. The molecule has 5 heteroatoms. The topological polar surface area (TPSA) is 75.6 Å². The molecule has 1 amide bonds. The molecule has 168 valence electrons. The summed E-state index contributed by atoms with van der Waals surface area (Å²) in [6.45, 7) is 0.482. The zero-order valence-electron chi connectivity index (χ0n) is 18.4. The van der Waals surface area contributed by atoms with Crippen LogP contribution in [0.2, 0.25) is 0 Å². The molecule has 0 bridgehead atoms. The lowest BCUT2D eigenvalue weighted by atomic mass is 9.68. The van der Waals surface area contributed by atoms with Crippen LogP contribution in [0.5, 0.6) is 0 Å². The number of carboxylic acid groups (broad SMARTS) is 1. The Bertz CT molecular complexity index is 1160. The third kappa shape index (κ3) is 3.99. The van der Waals surface area contributed by atoms with Crippen LogP contribution in [0.1, 0.15) is 47.4 Å². The van der Waals surface area contributed by atoms with Crippen LogP contribution >= 0.6 is 0 Å². The molecular weight excluding hydrogens is 414 g/mol. The third-order valence-corrected chi connectivity index (χ3v) is 7.09. The van der Waals surface area contributed by atoms with Crippen molar-refractivity contribution in [1.29, 1.82) is 0 Å². The van der Waals surface area contributed by atoms with Crippen LogP contribution in [0, 0.1) is 0 Å². The Morgan fingerprint density at radius 3 is 2.27 bits per heavy atom. The first-order valence-corrected chi connectivity index (χ1v) is 11.5. The Morgan fingerprint density at radius 1 is 0.939 bits per heavy atom. The van der Waals surface area contributed by atoms with Gasteiger partial charge in [0.25, 0.3) is 0 Å². The number of nitrogens with one attached hydrogen (secondary N) is 1. The van der Waals surface area contributed by atoms with Gasteiger partial charge in [0, 0.05) is 17.9 Å². The summed E-state index contributed by atoms with van der Waals surface area (Å²) in [7, 11) is 0. The van der Waals surface area contributed by atoms with Crippen LogP contribution < -0.4 is 5.32 Å². The Balaban J connectivity index is 1.30. The van der Waals surface area contributed by atoms with Gasteiger partial charge in [-0.2, -0.15) is 0 Å². The number of alkyl carbamates (subject to hydrolysis) is 1. The molecule has 0 aliphatic heterocycles. The average molecular weight is 442 g/mol. The molecule has 0 spiro atoms. The van der Waals surface area contributed by atoms with E-state index in [1.165, 1.54) is 16.7 Å². The minimum atomic E-state index is -0.860. The zero-order chi connectivity index (χ0) is 22.8. The van der Waals surface area contributed by atoms with E-state index >= 15 is 0 Å². The minimum absolute atomic E-state index is 0.00784. The Labute approximate surface area is 193 Å². The molecular formula is C28H27NO4. The van der Waals surface area contributed by atoms with Gasteiger partial charge in [-0.25, -0.2) is 4.79 Å². The van der Waals surface area contributed by atoms with Gasteiger partial charge in [0.05, 0.1) is 6.42 Å². The number of aliphatic carboxylic acids is 1. The van der Waals surface area contributed by atoms with Gasteiger partial charge in [0.2, 0.25) is 0 Å². The lowest BCUT2D eigenvalue weighted by molar-refractivity contribution is -0.138. The van der Waals surface area contributed by atoms with E-state index < -0.39 is 17.5 Å². The maximum Gasteiger partial charge on any atom is 0.407 e. The Kier molecular flexibility index (Phi) is 5.63. The first-order chi connectivity index (χ1) is 16.1. The van der Waals surface area contributed by atoms with Gasteiger partial charge in [-0.1, -0.05) is 72.8 Å². The van der Waals surface area contributed by atoms with E-state index in [2.05, 4.69) is 35.6 Å². The van der Waals surface area contributed by atoms with Crippen molar-refractivity contribution in [2.45, 2.75) is 37.0 Å². The molecule has 3 aromatic carbocycles. The van der Waals surface area contributed by atoms with E-state index in [-0.39, 0.29) is 25.5 Å². The lowest BCUT2D eigenvalue weighted by Crippen LogP contribution is -2.44. The van der Waals surface area contributed by atoms with E-state index in [0.29, 0.717) is 0 Å². The number of aryl methyl sites for hydroxylation is 1. The van der Waals surface area contributed by atoms with Gasteiger partial charge in [0.15, 0.2) is 0 Å². The highest BCUT2D eigenvalue weighted by Gasteiger charge is 2.39. The van der Waals surface area contributed by atoms with Crippen LogP contribution in [0.3, 0.4) is 0 Å². The molecule has 0 saturated heterocycles. The van der Waals surface area contributed by atoms with E-state index in [1.807, 2.05) is 42.5 Å². The fourth-order valence-electron chi connectivity index (χ4n) is 5.62. The fraction of sp³-hybridized carbons (Fsp3) is 0.286. The van der Waals surface area contributed by atoms with Crippen molar-refractivity contribution in [2.75, 3.05) is 13.2 Å². The highest BCUT2D eigenvalue weighted by Crippen LogP contribution is 2.44. The molecule has 3 aromatic rings. The molecule has 5 rings (SSSR count). The maximum absolute atomic E-state index is 12.7. The predicted octanol–water partition coefficient (Wildman–Crippen LogP) is 5.27. The molecule has 0 aromatic heterocycles. The summed E-state index contributed by atoms with van der Waals surface area (Å²) in [5.41, 5.74) is 6.26. The molecule has 0 heterocycles. The van der Waals surface area contributed by atoms with Crippen LogP contribution in [-0.4, -0.2) is 30.3 Å². The van der Waals surface area contributed by atoms with Crippen LogP contribution in [0.15, 0.2) is 72.8 Å². The van der Waals surface area contributed by atoms with Crippen LogP contribution in [0.4, 0.5) is 4.79 Å². The minimum Gasteiger partial charge on any atom is -0.481 e. The summed E-state index contributed by atoms with van der Waals surface area (Å²) in [6, 6.07) is 24.4. The molecule has 5 nitrogen and oxygen atoms in total. The van der Waals surface area contributed by atoms with Gasteiger partial charge in [-0.15, -0.1) is 0 Å². The quantitative estimate of drug-likeness (QED) is 0.546. The van der Waals surface area contributed by atoms with E-state index in [4.69, 9.17) is 4.74 Å². The van der Waals surface area contributed by atoms with Gasteiger partial charge in [0.1, 0.15) is 6.61 Å². The summed E-state index contributed by atoms with van der Waals surface area (Å²) in [6.07, 6.45) is 2.02. The number of ether oxygens (including phenoxy) is 1. The number of hydrogen-bond acceptors (Lipinski definition) is 3. The van der Waals surface area contributed by atoms with E-state index in [1.54, 1.807) is 0 Å². The van der Waals surface area contributed by atoms with E-state index in [9.17, 15) is 14.7 Å². The molecule has 2 aliphatic carbocycles. The second kappa shape index (κ2) is 8.74. The standard InChI is InChI=1S/C28H27NO4/c30-26(31)16-28(15-7-9-19-8-1-6-14-25(19)28)18-29-27(32)33-17-24-22-12-4-2-10-20(22)21-11-3-5-13-23(21)24/h1-6,8,10-14,24H,7,9,15-18H2,(H,29,32)(H,30,31). The monoisotopic (exact) mass is 441 g/mol. The third-order valence-electron chi connectivity index (χ3n) is 7.09. The van der Waals surface area contributed by atoms with Gasteiger partial charge >= 0.3 is 12.1 Å². The number of fused-ring (bicyclic) bond motifs is 4. The molecule has 1 atom stereocenters. The molecule has 2 N–H and O–H groups in total. The summed E-state index contributed by atoms with van der Waals surface area (Å²) in [5, 5.41) is 12.5. The van der Waals surface area contributed by atoms with Crippen molar-refractivity contribution in [3.8, 4) is 11.1 Å². The molecule has 0 radical (unpaired) electrons. The SMILES string of the molecule is O=C(O)CC1(CNC(=O)OCC2c3ccccc3-c3ccccc32)CCCc2ccccc21. The number of benzene rings is 3. The molecule has 1 unspecified atom stereocenters. The van der Waals surface area contributed by atoms with Crippen molar-refractivity contribution in [3.05, 3.63) is 95.1 Å². The number of carbonyl (C=O) groups excluding carboxylic acids is 1. The summed E-state index contributed by atoms with van der Waals surface area (Å²) < 4.78 is 5.67. The fourth-order valence-corrected chi connectivity index (χ4v) is 5.62. The molecule has 2 aliphatic rings. The smallest absolute Gasteiger partial charge is 0.407 e. The first-order valence-electron chi connectivity index (χ1n) is 11.5. The Hall–Kier alpha value is -3.60. The van der Waals surface area contributed by atoms with Crippen LogP contribution in [0.25, 0.3) is 11.1 Å². The maximum atomic E-state index is 12.7. The molecule has 0 saturated carbocycles. The van der Waals surface area contributed by atoms with E-state index in [0.717, 1.165) is 36.0 Å². The van der Waals surface area contributed by atoms with Crippen LogP contribution in [-0.2, 0) is 21.4 Å².